The van der Waals surface area contributed by atoms with Gasteiger partial charge in [0.05, 0.1) is 16.6 Å². The van der Waals surface area contributed by atoms with Gasteiger partial charge in [0.15, 0.2) is 0 Å². The number of hydrogen-bond donors (Lipinski definition) is 1. The van der Waals surface area contributed by atoms with Crippen molar-refractivity contribution in [3.05, 3.63) is 46.0 Å². The molecule has 90 valence electrons. The highest BCUT2D eigenvalue weighted by Gasteiger charge is 2.14. The zero-order chi connectivity index (χ0) is 12.3. The van der Waals surface area contributed by atoms with Gasteiger partial charge in [-0.3, -0.25) is 0 Å². The van der Waals surface area contributed by atoms with E-state index in [0.717, 1.165) is 22.6 Å². The van der Waals surface area contributed by atoms with E-state index in [0.29, 0.717) is 0 Å². The fourth-order valence-electron chi connectivity index (χ4n) is 1.85. The van der Waals surface area contributed by atoms with Gasteiger partial charge in [0.25, 0.3) is 0 Å². The second-order valence-corrected chi connectivity index (χ2v) is 4.98. The fraction of sp³-hybridized carbons (Fsp3) is 0.385. The van der Waals surface area contributed by atoms with E-state index in [1.54, 1.807) is 0 Å². The third-order valence-electron chi connectivity index (χ3n) is 2.85. The first kappa shape index (κ1) is 12.2. The summed E-state index contributed by atoms with van der Waals surface area (Å²) in [5, 5.41) is 4.00. The molecule has 0 aliphatic carbocycles. The predicted molar refractivity (Wildman–Crippen MR) is 71.1 cm³/mol. The number of hydrogen-bond acceptors (Lipinski definition) is 4. The molecule has 0 amide bonds. The highest BCUT2D eigenvalue weighted by Crippen LogP contribution is 2.24. The Morgan fingerprint density at radius 2 is 2.00 bits per heavy atom. The van der Waals surface area contributed by atoms with Crippen molar-refractivity contribution in [1.29, 1.82) is 0 Å². The van der Waals surface area contributed by atoms with Crippen LogP contribution >= 0.6 is 11.5 Å². The normalized spacial score (nSPS) is 12.6. The largest absolute Gasteiger partial charge is 0.320 e. The maximum absolute atomic E-state index is 6.22. The number of rotatable bonds is 4. The summed E-state index contributed by atoms with van der Waals surface area (Å²) in [6, 6.07) is 8.42. The number of aromatic nitrogens is 2. The third kappa shape index (κ3) is 2.70. The average molecular weight is 247 g/mol. The van der Waals surface area contributed by atoms with Crippen molar-refractivity contribution in [2.75, 3.05) is 0 Å². The molecule has 1 unspecified atom stereocenters. The van der Waals surface area contributed by atoms with Crippen molar-refractivity contribution in [2.45, 2.75) is 32.7 Å². The van der Waals surface area contributed by atoms with Gasteiger partial charge in [0.1, 0.15) is 0 Å². The lowest BCUT2D eigenvalue weighted by atomic mass is 10.0. The molecule has 3 nitrogen and oxygen atoms in total. The maximum atomic E-state index is 6.22. The molecule has 0 saturated heterocycles. The second-order valence-electron chi connectivity index (χ2n) is 4.19. The molecule has 2 aromatic rings. The molecule has 0 aliphatic rings. The first-order valence-electron chi connectivity index (χ1n) is 5.85. The average Bonchev–Trinajstić information content (AvgIpc) is 2.76. The van der Waals surface area contributed by atoms with Gasteiger partial charge in [0.2, 0.25) is 0 Å². The fourth-order valence-corrected chi connectivity index (χ4v) is 2.53. The molecule has 2 N–H and O–H groups in total. The van der Waals surface area contributed by atoms with Crippen LogP contribution in [0.15, 0.2) is 24.3 Å². The molecule has 0 saturated carbocycles. The summed E-state index contributed by atoms with van der Waals surface area (Å²) in [6.45, 7) is 4.14. The molecule has 0 spiro atoms. The molecule has 4 heteroatoms. The van der Waals surface area contributed by atoms with Gasteiger partial charge in [-0.05, 0) is 36.0 Å². The second kappa shape index (κ2) is 5.38. The van der Waals surface area contributed by atoms with Crippen molar-refractivity contribution >= 4 is 11.5 Å². The van der Waals surface area contributed by atoms with Crippen molar-refractivity contribution in [2.24, 2.45) is 5.73 Å². The van der Waals surface area contributed by atoms with Gasteiger partial charge in [-0.2, -0.15) is 0 Å². The predicted octanol–water partition coefficient (Wildman–Crippen LogP) is 2.85. The number of nitrogens with two attached hydrogens (primary N) is 1. The minimum Gasteiger partial charge on any atom is -0.320 e. The first-order chi connectivity index (χ1) is 8.22. The summed E-state index contributed by atoms with van der Waals surface area (Å²) in [5.74, 6) is 0. The smallest absolute Gasteiger partial charge is 0.0776 e. The monoisotopic (exact) mass is 247 g/mol. The van der Waals surface area contributed by atoms with Gasteiger partial charge >= 0.3 is 0 Å². The first-order valence-corrected chi connectivity index (χ1v) is 6.63. The van der Waals surface area contributed by atoms with Gasteiger partial charge < -0.3 is 5.73 Å². The minimum absolute atomic E-state index is 0.106. The van der Waals surface area contributed by atoms with Crippen LogP contribution in [-0.4, -0.2) is 9.59 Å². The van der Waals surface area contributed by atoms with E-state index in [1.165, 1.54) is 23.5 Å². The Balaban J connectivity index is 2.20. The van der Waals surface area contributed by atoms with Crippen LogP contribution in [-0.2, 0) is 6.42 Å². The van der Waals surface area contributed by atoms with E-state index < -0.39 is 0 Å². The summed E-state index contributed by atoms with van der Waals surface area (Å²) < 4.78 is 3.93. The third-order valence-corrected chi connectivity index (χ3v) is 3.76. The van der Waals surface area contributed by atoms with Crippen molar-refractivity contribution < 1.29 is 0 Å². The van der Waals surface area contributed by atoms with E-state index in [2.05, 4.69) is 40.8 Å². The van der Waals surface area contributed by atoms with Crippen LogP contribution in [0.4, 0.5) is 0 Å². The van der Waals surface area contributed by atoms with Crippen LogP contribution in [0.2, 0.25) is 0 Å². The quantitative estimate of drug-likeness (QED) is 0.904. The number of aryl methyl sites for hydroxylation is 2. The van der Waals surface area contributed by atoms with E-state index in [4.69, 9.17) is 5.73 Å². The highest BCUT2D eigenvalue weighted by atomic mass is 32.1. The van der Waals surface area contributed by atoms with E-state index in [9.17, 15) is 0 Å². The molecule has 0 aliphatic heterocycles. The van der Waals surface area contributed by atoms with E-state index in [1.807, 2.05) is 6.92 Å². The van der Waals surface area contributed by atoms with Gasteiger partial charge in [0, 0.05) is 0 Å². The lowest BCUT2D eigenvalue weighted by Crippen LogP contribution is -2.11. The lowest BCUT2D eigenvalue weighted by molar-refractivity contribution is 0.868. The van der Waals surface area contributed by atoms with Crippen molar-refractivity contribution in [1.82, 2.24) is 9.59 Å². The Kier molecular flexibility index (Phi) is 3.86. The number of benzene rings is 1. The van der Waals surface area contributed by atoms with Crippen LogP contribution in [0, 0.1) is 6.92 Å². The summed E-state index contributed by atoms with van der Waals surface area (Å²) in [4.78, 5) is 1.05. The molecule has 1 aromatic carbocycles. The Hall–Kier alpha value is -1.26. The standard InChI is InChI=1S/C13H17N3S/c1-3-4-10-5-7-11(8-6-10)12(14)13-9(2)15-16-17-13/h5-8,12H,3-4,14H2,1-2H3. The topological polar surface area (TPSA) is 51.8 Å². The molecule has 0 radical (unpaired) electrons. The van der Waals surface area contributed by atoms with E-state index >= 15 is 0 Å². The van der Waals surface area contributed by atoms with Crippen LogP contribution in [0.5, 0.6) is 0 Å². The van der Waals surface area contributed by atoms with Gasteiger partial charge in [-0.1, -0.05) is 42.1 Å². The Bertz CT molecular complexity index is 476. The SMILES string of the molecule is CCCc1ccc(C(N)c2snnc2C)cc1. The Labute approximate surface area is 106 Å². The maximum Gasteiger partial charge on any atom is 0.0776 e. The molecule has 0 bridgehead atoms. The Morgan fingerprint density at radius 3 is 2.53 bits per heavy atom. The van der Waals surface area contributed by atoms with Crippen molar-refractivity contribution in [3.8, 4) is 0 Å². The zero-order valence-corrected chi connectivity index (χ0v) is 11.0. The van der Waals surface area contributed by atoms with Crippen LogP contribution < -0.4 is 5.73 Å². The van der Waals surface area contributed by atoms with Crippen LogP contribution in [0.1, 0.15) is 41.1 Å². The summed E-state index contributed by atoms with van der Waals surface area (Å²) >= 11 is 1.38. The summed E-state index contributed by atoms with van der Waals surface area (Å²) in [7, 11) is 0. The molecule has 1 atom stereocenters. The summed E-state index contributed by atoms with van der Waals surface area (Å²) in [5.41, 5.74) is 9.63. The molecule has 2 rings (SSSR count). The molecular formula is C13H17N3S. The van der Waals surface area contributed by atoms with Crippen molar-refractivity contribution in [3.63, 3.8) is 0 Å². The minimum atomic E-state index is -0.106. The molecule has 1 aromatic heterocycles. The molecule has 0 fully saturated rings. The molecule has 17 heavy (non-hydrogen) atoms. The van der Waals surface area contributed by atoms with Crippen LogP contribution in [0.25, 0.3) is 0 Å². The summed E-state index contributed by atoms with van der Waals surface area (Å²) in [6.07, 6.45) is 2.29. The van der Waals surface area contributed by atoms with Gasteiger partial charge in [-0.25, -0.2) is 0 Å². The van der Waals surface area contributed by atoms with E-state index in [-0.39, 0.29) is 6.04 Å². The van der Waals surface area contributed by atoms with Gasteiger partial charge in [-0.15, -0.1) is 5.10 Å². The lowest BCUT2D eigenvalue weighted by Gasteiger charge is -2.10. The Morgan fingerprint density at radius 1 is 1.29 bits per heavy atom. The molecule has 1 heterocycles. The highest BCUT2D eigenvalue weighted by molar-refractivity contribution is 7.05. The molecular weight excluding hydrogens is 230 g/mol. The zero-order valence-electron chi connectivity index (χ0n) is 10.2. The van der Waals surface area contributed by atoms with Crippen LogP contribution in [0.3, 0.4) is 0 Å². The number of nitrogens with zero attached hydrogens (tertiary/aromatic N) is 2.